The summed E-state index contributed by atoms with van der Waals surface area (Å²) in [5.74, 6) is 1.12. The maximum atomic E-state index is 6.03. The number of nitrogens with zero attached hydrogens (tertiary/aromatic N) is 2. The van der Waals surface area contributed by atoms with Crippen molar-refractivity contribution in [1.29, 1.82) is 0 Å². The van der Waals surface area contributed by atoms with Crippen LogP contribution in [-0.2, 0) is 0 Å². The maximum Gasteiger partial charge on any atom is 0.191 e. The van der Waals surface area contributed by atoms with Crippen LogP contribution in [0.25, 0.3) is 0 Å². The lowest BCUT2D eigenvalue weighted by atomic mass is 10.0. The Labute approximate surface area is 123 Å². The van der Waals surface area contributed by atoms with Crippen molar-refractivity contribution in [1.82, 2.24) is 4.90 Å². The number of hydrogen-bond acceptors (Lipinski definition) is 2. The molecule has 20 heavy (non-hydrogen) atoms. The molecule has 0 fully saturated rings. The lowest BCUT2D eigenvalue weighted by molar-refractivity contribution is 0.454. The Morgan fingerprint density at radius 2 is 1.80 bits per heavy atom. The van der Waals surface area contributed by atoms with E-state index in [0.717, 1.165) is 18.8 Å². The van der Waals surface area contributed by atoms with E-state index in [2.05, 4.69) is 55.0 Å². The first kappa shape index (κ1) is 16.3. The molecule has 0 radical (unpaired) electrons. The van der Waals surface area contributed by atoms with Gasteiger partial charge in [0.15, 0.2) is 5.96 Å². The Kier molecular flexibility index (Phi) is 6.91. The van der Waals surface area contributed by atoms with Crippen molar-refractivity contribution >= 4 is 11.6 Å². The summed E-state index contributed by atoms with van der Waals surface area (Å²) < 4.78 is 0. The van der Waals surface area contributed by atoms with Crippen LogP contribution in [0.2, 0.25) is 0 Å². The first-order valence-electron chi connectivity index (χ1n) is 7.44. The molecule has 0 aromatic heterocycles. The molecule has 1 unspecified atom stereocenters. The van der Waals surface area contributed by atoms with Crippen LogP contribution in [0.15, 0.2) is 35.3 Å². The number of guanidine groups is 1. The first-order chi connectivity index (χ1) is 9.58. The van der Waals surface area contributed by atoms with Crippen molar-refractivity contribution in [3.05, 3.63) is 30.3 Å². The Bertz CT molecular complexity index is 396. The van der Waals surface area contributed by atoms with E-state index in [4.69, 9.17) is 5.73 Å². The van der Waals surface area contributed by atoms with Crippen molar-refractivity contribution in [3.8, 4) is 0 Å². The SMILES string of the molecule is CCN(CC)C(N)=NCC(Nc1ccccc1)C(C)C. The van der Waals surface area contributed by atoms with Gasteiger partial charge in [-0.3, -0.25) is 4.99 Å². The summed E-state index contributed by atoms with van der Waals surface area (Å²) in [7, 11) is 0. The summed E-state index contributed by atoms with van der Waals surface area (Å²) in [5.41, 5.74) is 7.16. The lowest BCUT2D eigenvalue weighted by Gasteiger charge is -2.24. The predicted molar refractivity (Wildman–Crippen MR) is 88.1 cm³/mol. The van der Waals surface area contributed by atoms with Crippen LogP contribution in [0.3, 0.4) is 0 Å². The van der Waals surface area contributed by atoms with E-state index < -0.39 is 0 Å². The number of anilines is 1. The summed E-state index contributed by atoms with van der Waals surface area (Å²) in [5, 5.41) is 3.53. The molecule has 1 atom stereocenters. The van der Waals surface area contributed by atoms with Gasteiger partial charge in [0, 0.05) is 24.8 Å². The van der Waals surface area contributed by atoms with Crippen LogP contribution in [-0.4, -0.2) is 36.5 Å². The van der Waals surface area contributed by atoms with Gasteiger partial charge in [-0.1, -0.05) is 32.0 Å². The Balaban J connectivity index is 2.66. The highest BCUT2D eigenvalue weighted by molar-refractivity contribution is 5.78. The second kappa shape index (κ2) is 8.46. The molecule has 1 rings (SSSR count). The fraction of sp³-hybridized carbons (Fsp3) is 0.562. The highest BCUT2D eigenvalue weighted by atomic mass is 15.2. The molecular formula is C16H28N4. The summed E-state index contributed by atoms with van der Waals surface area (Å²) in [6.45, 7) is 11.1. The fourth-order valence-electron chi connectivity index (χ4n) is 2.01. The van der Waals surface area contributed by atoms with Crippen LogP contribution < -0.4 is 11.1 Å². The normalized spacial score (nSPS) is 13.3. The molecule has 4 nitrogen and oxygen atoms in total. The van der Waals surface area contributed by atoms with E-state index >= 15 is 0 Å². The topological polar surface area (TPSA) is 53.6 Å². The zero-order valence-electron chi connectivity index (χ0n) is 13.1. The zero-order valence-corrected chi connectivity index (χ0v) is 13.1. The summed E-state index contributed by atoms with van der Waals surface area (Å²) in [4.78, 5) is 6.61. The minimum absolute atomic E-state index is 0.284. The van der Waals surface area contributed by atoms with Crippen LogP contribution in [0.1, 0.15) is 27.7 Å². The van der Waals surface area contributed by atoms with Gasteiger partial charge in [-0.05, 0) is 31.9 Å². The molecule has 4 heteroatoms. The van der Waals surface area contributed by atoms with Gasteiger partial charge in [-0.25, -0.2) is 0 Å². The average molecular weight is 276 g/mol. The molecule has 1 aromatic carbocycles. The first-order valence-corrected chi connectivity index (χ1v) is 7.44. The minimum Gasteiger partial charge on any atom is -0.380 e. The highest BCUT2D eigenvalue weighted by Crippen LogP contribution is 2.12. The second-order valence-corrected chi connectivity index (χ2v) is 5.23. The largest absolute Gasteiger partial charge is 0.380 e. The summed E-state index contributed by atoms with van der Waals surface area (Å²) in [6.07, 6.45) is 0. The van der Waals surface area contributed by atoms with E-state index in [0.29, 0.717) is 18.4 Å². The number of para-hydroxylation sites is 1. The monoisotopic (exact) mass is 276 g/mol. The van der Waals surface area contributed by atoms with Gasteiger partial charge in [0.2, 0.25) is 0 Å². The average Bonchev–Trinajstić information content (AvgIpc) is 2.45. The van der Waals surface area contributed by atoms with Crippen molar-refractivity contribution in [2.75, 3.05) is 25.0 Å². The molecule has 0 saturated heterocycles. The number of nitrogens with one attached hydrogen (secondary N) is 1. The van der Waals surface area contributed by atoms with Crippen LogP contribution in [0, 0.1) is 5.92 Å². The molecule has 0 heterocycles. The Morgan fingerprint density at radius 3 is 2.30 bits per heavy atom. The third-order valence-corrected chi connectivity index (χ3v) is 3.47. The molecule has 1 aromatic rings. The van der Waals surface area contributed by atoms with Crippen LogP contribution in [0.5, 0.6) is 0 Å². The van der Waals surface area contributed by atoms with Gasteiger partial charge in [0.05, 0.1) is 6.54 Å². The van der Waals surface area contributed by atoms with Crippen LogP contribution >= 0.6 is 0 Å². The quantitative estimate of drug-likeness (QED) is 0.595. The predicted octanol–water partition coefficient (Wildman–Crippen LogP) is 2.78. The van der Waals surface area contributed by atoms with Gasteiger partial charge in [0.25, 0.3) is 0 Å². The maximum absolute atomic E-state index is 6.03. The molecule has 0 aliphatic carbocycles. The van der Waals surface area contributed by atoms with E-state index in [9.17, 15) is 0 Å². The summed E-state index contributed by atoms with van der Waals surface area (Å²) in [6, 6.07) is 10.5. The molecular weight excluding hydrogens is 248 g/mol. The van der Waals surface area contributed by atoms with Gasteiger partial charge in [0.1, 0.15) is 0 Å². The van der Waals surface area contributed by atoms with Crippen molar-refractivity contribution in [3.63, 3.8) is 0 Å². The Morgan fingerprint density at radius 1 is 1.20 bits per heavy atom. The molecule has 0 spiro atoms. The lowest BCUT2D eigenvalue weighted by Crippen LogP contribution is -2.38. The van der Waals surface area contributed by atoms with E-state index in [1.54, 1.807) is 0 Å². The molecule has 3 N–H and O–H groups in total. The van der Waals surface area contributed by atoms with Crippen molar-refractivity contribution in [2.24, 2.45) is 16.6 Å². The number of rotatable bonds is 7. The Hall–Kier alpha value is -1.71. The van der Waals surface area contributed by atoms with E-state index in [-0.39, 0.29) is 6.04 Å². The standard InChI is InChI=1S/C16H28N4/c1-5-20(6-2)16(17)18-12-15(13(3)4)19-14-10-8-7-9-11-14/h7-11,13,15,19H,5-6,12H2,1-4H3,(H2,17,18). The second-order valence-electron chi connectivity index (χ2n) is 5.23. The zero-order chi connectivity index (χ0) is 15.0. The molecule has 0 aliphatic heterocycles. The third-order valence-electron chi connectivity index (χ3n) is 3.47. The number of nitrogens with two attached hydrogens (primary N) is 1. The van der Waals surface area contributed by atoms with Gasteiger partial charge < -0.3 is 16.0 Å². The smallest absolute Gasteiger partial charge is 0.191 e. The molecule has 0 amide bonds. The number of benzene rings is 1. The molecule has 0 aliphatic rings. The highest BCUT2D eigenvalue weighted by Gasteiger charge is 2.13. The third kappa shape index (κ3) is 5.11. The van der Waals surface area contributed by atoms with Gasteiger partial charge in [-0.15, -0.1) is 0 Å². The molecule has 112 valence electrons. The van der Waals surface area contributed by atoms with E-state index in [1.165, 1.54) is 0 Å². The van der Waals surface area contributed by atoms with E-state index in [1.807, 2.05) is 18.2 Å². The molecule has 0 saturated carbocycles. The molecule has 0 bridgehead atoms. The number of aliphatic imine (C=N–C) groups is 1. The number of hydrogen-bond donors (Lipinski definition) is 2. The van der Waals surface area contributed by atoms with Gasteiger partial charge in [-0.2, -0.15) is 0 Å². The minimum atomic E-state index is 0.284. The van der Waals surface area contributed by atoms with Crippen molar-refractivity contribution < 1.29 is 0 Å². The van der Waals surface area contributed by atoms with Gasteiger partial charge >= 0.3 is 0 Å². The van der Waals surface area contributed by atoms with Crippen molar-refractivity contribution in [2.45, 2.75) is 33.7 Å². The van der Waals surface area contributed by atoms with Crippen LogP contribution in [0.4, 0.5) is 5.69 Å². The summed E-state index contributed by atoms with van der Waals surface area (Å²) >= 11 is 0. The fourth-order valence-corrected chi connectivity index (χ4v) is 2.01.